The van der Waals surface area contributed by atoms with Gasteiger partial charge in [-0.05, 0) is 37.7 Å². The lowest BCUT2D eigenvalue weighted by Gasteiger charge is -2.17. The highest BCUT2D eigenvalue weighted by Crippen LogP contribution is 2.17. The second-order valence-corrected chi connectivity index (χ2v) is 6.14. The van der Waals surface area contributed by atoms with Gasteiger partial charge in [-0.15, -0.1) is 0 Å². The van der Waals surface area contributed by atoms with Crippen LogP contribution in [0, 0.1) is 18.8 Å². The molecular weight excluding hydrogens is 234 g/mol. The van der Waals surface area contributed by atoms with Crippen molar-refractivity contribution in [2.24, 2.45) is 11.8 Å². The van der Waals surface area contributed by atoms with Crippen LogP contribution in [0.25, 0.3) is 0 Å². The zero-order chi connectivity index (χ0) is 14.4. The zero-order valence-corrected chi connectivity index (χ0v) is 12.9. The predicted octanol–water partition coefficient (Wildman–Crippen LogP) is 4.24. The van der Waals surface area contributed by atoms with E-state index in [1.165, 1.54) is 5.56 Å². The summed E-state index contributed by atoms with van der Waals surface area (Å²) in [7, 11) is 0. The summed E-state index contributed by atoms with van der Waals surface area (Å²) in [5.74, 6) is 1.25. The Morgan fingerprint density at radius 1 is 1.11 bits per heavy atom. The monoisotopic (exact) mass is 261 g/mol. The predicted molar refractivity (Wildman–Crippen MR) is 81.0 cm³/mol. The van der Waals surface area contributed by atoms with Gasteiger partial charge in [0.1, 0.15) is 0 Å². The summed E-state index contributed by atoms with van der Waals surface area (Å²) in [4.78, 5) is 12.0. The van der Waals surface area contributed by atoms with E-state index in [2.05, 4.69) is 57.3 Å². The van der Waals surface area contributed by atoms with Crippen LogP contribution in [0.5, 0.6) is 0 Å². The Bertz CT molecular complexity index is 394. The van der Waals surface area contributed by atoms with Gasteiger partial charge in [0.25, 0.3) is 0 Å². The Morgan fingerprint density at radius 2 is 1.68 bits per heavy atom. The van der Waals surface area contributed by atoms with Gasteiger partial charge < -0.3 is 5.32 Å². The van der Waals surface area contributed by atoms with Gasteiger partial charge in [0.2, 0.25) is 5.91 Å². The second-order valence-electron chi connectivity index (χ2n) is 6.14. The Morgan fingerprint density at radius 3 is 2.21 bits per heavy atom. The topological polar surface area (TPSA) is 29.1 Å². The molecule has 0 spiro atoms. The fourth-order valence-electron chi connectivity index (χ4n) is 2.44. The Kier molecular flexibility index (Phi) is 6.07. The molecule has 2 nitrogen and oxygen atoms in total. The van der Waals surface area contributed by atoms with E-state index < -0.39 is 0 Å². The van der Waals surface area contributed by atoms with Crippen LogP contribution in [0.4, 0.5) is 0 Å². The molecule has 1 aromatic rings. The standard InChI is InChI=1S/C17H27NO/c1-12(2)10-14(4)11-17(19)18-15(5)16-8-6-13(3)7-9-16/h6-9,12,14-15H,10-11H2,1-5H3,(H,18,19). The Hall–Kier alpha value is -1.31. The van der Waals surface area contributed by atoms with E-state index in [-0.39, 0.29) is 11.9 Å². The molecule has 1 rings (SSSR count). The fraction of sp³-hybridized carbons (Fsp3) is 0.588. The van der Waals surface area contributed by atoms with Crippen LogP contribution in [0.2, 0.25) is 0 Å². The van der Waals surface area contributed by atoms with E-state index in [4.69, 9.17) is 0 Å². The average molecular weight is 261 g/mol. The van der Waals surface area contributed by atoms with Gasteiger partial charge >= 0.3 is 0 Å². The summed E-state index contributed by atoms with van der Waals surface area (Å²) in [6, 6.07) is 8.41. The number of hydrogen-bond acceptors (Lipinski definition) is 1. The fourth-order valence-corrected chi connectivity index (χ4v) is 2.44. The van der Waals surface area contributed by atoms with Crippen LogP contribution in [0.1, 0.15) is 57.7 Å². The second kappa shape index (κ2) is 7.32. The molecule has 2 atom stereocenters. The average Bonchev–Trinajstić information content (AvgIpc) is 2.27. The van der Waals surface area contributed by atoms with Crippen molar-refractivity contribution in [3.05, 3.63) is 35.4 Å². The first kappa shape index (κ1) is 15.7. The quantitative estimate of drug-likeness (QED) is 0.815. The Balaban J connectivity index is 2.45. The molecule has 0 aliphatic carbocycles. The maximum atomic E-state index is 12.0. The van der Waals surface area contributed by atoms with Crippen molar-refractivity contribution < 1.29 is 4.79 Å². The number of benzene rings is 1. The van der Waals surface area contributed by atoms with Gasteiger partial charge in [-0.25, -0.2) is 0 Å². The first-order valence-electron chi connectivity index (χ1n) is 7.24. The summed E-state index contributed by atoms with van der Waals surface area (Å²) in [5.41, 5.74) is 2.41. The molecule has 0 bridgehead atoms. The number of carbonyl (C=O) groups excluding carboxylic acids is 1. The molecule has 0 saturated carbocycles. The van der Waals surface area contributed by atoms with E-state index >= 15 is 0 Å². The number of amides is 1. The van der Waals surface area contributed by atoms with Crippen molar-refractivity contribution in [1.82, 2.24) is 5.32 Å². The molecule has 0 heterocycles. The maximum absolute atomic E-state index is 12.0. The number of rotatable bonds is 6. The molecule has 0 aliphatic rings. The molecule has 1 N–H and O–H groups in total. The van der Waals surface area contributed by atoms with Gasteiger partial charge in [-0.1, -0.05) is 50.6 Å². The highest BCUT2D eigenvalue weighted by Gasteiger charge is 2.13. The lowest BCUT2D eigenvalue weighted by Crippen LogP contribution is -2.28. The number of carbonyl (C=O) groups is 1. The van der Waals surface area contributed by atoms with Crippen molar-refractivity contribution >= 4 is 5.91 Å². The SMILES string of the molecule is Cc1ccc(C(C)NC(=O)CC(C)CC(C)C)cc1. The first-order valence-corrected chi connectivity index (χ1v) is 7.24. The molecule has 1 aromatic carbocycles. The first-order chi connectivity index (χ1) is 8.88. The van der Waals surface area contributed by atoms with Gasteiger partial charge in [-0.2, -0.15) is 0 Å². The summed E-state index contributed by atoms with van der Waals surface area (Å²) in [6.07, 6.45) is 1.72. The van der Waals surface area contributed by atoms with Gasteiger partial charge in [0.15, 0.2) is 0 Å². The lowest BCUT2D eigenvalue weighted by atomic mass is 9.95. The van der Waals surface area contributed by atoms with Crippen LogP contribution in [0.15, 0.2) is 24.3 Å². The third-order valence-electron chi connectivity index (χ3n) is 3.36. The number of aryl methyl sites for hydroxylation is 1. The van der Waals surface area contributed by atoms with Gasteiger partial charge in [0, 0.05) is 6.42 Å². The minimum atomic E-state index is 0.0827. The largest absolute Gasteiger partial charge is 0.350 e. The van der Waals surface area contributed by atoms with E-state index in [0.717, 1.165) is 12.0 Å². The van der Waals surface area contributed by atoms with Crippen LogP contribution in [-0.2, 0) is 4.79 Å². The molecule has 0 fully saturated rings. The number of hydrogen-bond donors (Lipinski definition) is 1. The van der Waals surface area contributed by atoms with Crippen molar-refractivity contribution in [3.63, 3.8) is 0 Å². The molecule has 2 heteroatoms. The lowest BCUT2D eigenvalue weighted by molar-refractivity contribution is -0.122. The molecule has 106 valence electrons. The third-order valence-corrected chi connectivity index (χ3v) is 3.36. The molecule has 0 aliphatic heterocycles. The molecule has 19 heavy (non-hydrogen) atoms. The summed E-state index contributed by atoms with van der Waals surface area (Å²) in [6.45, 7) is 10.7. The van der Waals surface area contributed by atoms with Crippen LogP contribution < -0.4 is 5.32 Å². The minimum Gasteiger partial charge on any atom is -0.350 e. The van der Waals surface area contributed by atoms with Gasteiger partial charge in [0.05, 0.1) is 6.04 Å². The van der Waals surface area contributed by atoms with Crippen LogP contribution in [-0.4, -0.2) is 5.91 Å². The van der Waals surface area contributed by atoms with Crippen LogP contribution >= 0.6 is 0 Å². The summed E-state index contributed by atoms with van der Waals surface area (Å²) >= 11 is 0. The van der Waals surface area contributed by atoms with E-state index in [1.807, 2.05) is 6.92 Å². The molecule has 2 unspecified atom stereocenters. The van der Waals surface area contributed by atoms with E-state index in [1.54, 1.807) is 0 Å². The van der Waals surface area contributed by atoms with Gasteiger partial charge in [-0.3, -0.25) is 4.79 Å². The third kappa shape index (κ3) is 5.91. The highest BCUT2D eigenvalue weighted by atomic mass is 16.1. The minimum absolute atomic E-state index is 0.0827. The maximum Gasteiger partial charge on any atom is 0.220 e. The molecule has 0 saturated heterocycles. The molecular formula is C17H27NO. The van der Waals surface area contributed by atoms with Crippen LogP contribution in [0.3, 0.4) is 0 Å². The van der Waals surface area contributed by atoms with Crippen molar-refractivity contribution in [2.75, 3.05) is 0 Å². The smallest absolute Gasteiger partial charge is 0.220 e. The van der Waals surface area contributed by atoms with Crippen molar-refractivity contribution in [1.29, 1.82) is 0 Å². The molecule has 0 aromatic heterocycles. The normalized spacial score (nSPS) is 14.2. The molecule has 0 radical (unpaired) electrons. The summed E-state index contributed by atoms with van der Waals surface area (Å²) in [5, 5.41) is 3.08. The summed E-state index contributed by atoms with van der Waals surface area (Å²) < 4.78 is 0. The number of nitrogens with one attached hydrogen (secondary N) is 1. The highest BCUT2D eigenvalue weighted by molar-refractivity contribution is 5.76. The van der Waals surface area contributed by atoms with E-state index in [0.29, 0.717) is 18.3 Å². The molecule has 1 amide bonds. The van der Waals surface area contributed by atoms with E-state index in [9.17, 15) is 4.79 Å². The van der Waals surface area contributed by atoms with Crippen molar-refractivity contribution in [3.8, 4) is 0 Å². The Labute approximate surface area is 117 Å². The van der Waals surface area contributed by atoms with Crippen molar-refractivity contribution in [2.45, 2.75) is 53.5 Å². The zero-order valence-electron chi connectivity index (χ0n) is 12.9.